The van der Waals surface area contributed by atoms with Crippen molar-refractivity contribution in [1.29, 1.82) is 0 Å². The van der Waals surface area contributed by atoms with Crippen LogP contribution in [0.15, 0.2) is 23.2 Å². The van der Waals surface area contributed by atoms with Crippen LogP contribution in [0.25, 0.3) is 0 Å². The minimum absolute atomic E-state index is 0.0212. The SMILES string of the molecule is C[C@@H](SC1=NCCS1)C(=O)NCc1ccc2c(c1)OCO2. The lowest BCUT2D eigenvalue weighted by Crippen LogP contribution is -2.30. The Hall–Kier alpha value is -1.34. The highest BCUT2D eigenvalue weighted by atomic mass is 32.2. The largest absolute Gasteiger partial charge is 0.454 e. The fraction of sp³-hybridized carbons (Fsp3) is 0.429. The maximum atomic E-state index is 12.1. The number of carbonyl (C=O) groups excluding carboxylic acids is 1. The van der Waals surface area contributed by atoms with Crippen molar-refractivity contribution in [2.45, 2.75) is 18.7 Å². The molecule has 1 N–H and O–H groups in total. The molecule has 0 fully saturated rings. The monoisotopic (exact) mass is 324 g/mol. The molecule has 0 aromatic heterocycles. The molecule has 3 rings (SSSR count). The van der Waals surface area contributed by atoms with Gasteiger partial charge in [-0.1, -0.05) is 29.6 Å². The summed E-state index contributed by atoms with van der Waals surface area (Å²) in [6, 6.07) is 5.70. The Labute approximate surface area is 131 Å². The Morgan fingerprint density at radius 1 is 1.48 bits per heavy atom. The molecule has 2 heterocycles. The molecule has 5 nitrogen and oxygen atoms in total. The molecule has 0 saturated carbocycles. The molecule has 0 aliphatic carbocycles. The number of hydrogen-bond donors (Lipinski definition) is 1. The molecule has 1 atom stereocenters. The number of nitrogens with one attached hydrogen (secondary N) is 1. The topological polar surface area (TPSA) is 59.9 Å². The zero-order valence-electron chi connectivity index (χ0n) is 11.6. The Morgan fingerprint density at radius 2 is 2.33 bits per heavy atom. The lowest BCUT2D eigenvalue weighted by Gasteiger charge is -2.11. The van der Waals surface area contributed by atoms with Crippen LogP contribution < -0.4 is 14.8 Å². The lowest BCUT2D eigenvalue weighted by atomic mass is 10.2. The molecule has 1 aromatic carbocycles. The average molecular weight is 324 g/mol. The van der Waals surface area contributed by atoms with Gasteiger partial charge in [-0.25, -0.2) is 0 Å². The first-order chi connectivity index (χ1) is 10.2. The van der Waals surface area contributed by atoms with Crippen molar-refractivity contribution in [1.82, 2.24) is 5.32 Å². The van der Waals surface area contributed by atoms with Crippen molar-refractivity contribution in [2.24, 2.45) is 4.99 Å². The Bertz CT molecular complexity index is 577. The van der Waals surface area contributed by atoms with Gasteiger partial charge in [0, 0.05) is 12.3 Å². The van der Waals surface area contributed by atoms with E-state index < -0.39 is 0 Å². The number of nitrogens with zero attached hydrogens (tertiary/aromatic N) is 1. The molecule has 0 radical (unpaired) electrons. The van der Waals surface area contributed by atoms with Gasteiger partial charge in [-0.3, -0.25) is 9.79 Å². The molecular formula is C14H16N2O3S2. The molecule has 0 spiro atoms. The lowest BCUT2D eigenvalue weighted by molar-refractivity contribution is -0.120. The standard InChI is InChI=1S/C14H16N2O3S2/c1-9(21-14-15-4-5-20-14)13(17)16-7-10-2-3-11-12(6-10)19-8-18-11/h2-3,6,9H,4-5,7-8H2,1H3,(H,16,17)/t9-/m1/s1. The van der Waals surface area contributed by atoms with E-state index in [4.69, 9.17) is 9.47 Å². The van der Waals surface area contributed by atoms with Crippen LogP contribution in [0.5, 0.6) is 11.5 Å². The van der Waals surface area contributed by atoms with E-state index in [0.717, 1.165) is 33.7 Å². The molecular weight excluding hydrogens is 308 g/mol. The van der Waals surface area contributed by atoms with Gasteiger partial charge >= 0.3 is 0 Å². The fourth-order valence-electron chi connectivity index (χ4n) is 1.98. The number of hydrogen-bond acceptors (Lipinski definition) is 6. The zero-order chi connectivity index (χ0) is 14.7. The highest BCUT2D eigenvalue weighted by molar-refractivity contribution is 8.39. The number of thioether (sulfide) groups is 2. The molecule has 1 amide bonds. The third-order valence-electron chi connectivity index (χ3n) is 3.11. The summed E-state index contributed by atoms with van der Waals surface area (Å²) in [6.07, 6.45) is 0. The zero-order valence-corrected chi connectivity index (χ0v) is 13.3. The summed E-state index contributed by atoms with van der Waals surface area (Å²) in [6.45, 7) is 3.51. The van der Waals surface area contributed by atoms with E-state index in [9.17, 15) is 4.79 Å². The van der Waals surface area contributed by atoms with E-state index in [-0.39, 0.29) is 18.0 Å². The maximum Gasteiger partial charge on any atom is 0.233 e. The van der Waals surface area contributed by atoms with Gasteiger partial charge in [-0.05, 0) is 24.6 Å². The van der Waals surface area contributed by atoms with Crippen molar-refractivity contribution >= 4 is 33.8 Å². The predicted molar refractivity (Wildman–Crippen MR) is 86.2 cm³/mol. The van der Waals surface area contributed by atoms with Gasteiger partial charge in [0.2, 0.25) is 12.7 Å². The highest BCUT2D eigenvalue weighted by Gasteiger charge is 2.19. The summed E-state index contributed by atoms with van der Waals surface area (Å²) in [7, 11) is 0. The smallest absolute Gasteiger partial charge is 0.233 e. The van der Waals surface area contributed by atoms with E-state index in [1.54, 1.807) is 11.8 Å². The molecule has 2 aliphatic rings. The summed E-state index contributed by atoms with van der Waals surface area (Å²) < 4.78 is 11.6. The maximum absolute atomic E-state index is 12.1. The van der Waals surface area contributed by atoms with Gasteiger partial charge in [0.1, 0.15) is 4.38 Å². The number of rotatable bonds is 4. The minimum Gasteiger partial charge on any atom is -0.454 e. The van der Waals surface area contributed by atoms with Crippen molar-refractivity contribution in [3.05, 3.63) is 23.8 Å². The van der Waals surface area contributed by atoms with Crippen LogP contribution >= 0.6 is 23.5 Å². The number of ether oxygens (including phenoxy) is 2. The van der Waals surface area contributed by atoms with E-state index in [2.05, 4.69) is 10.3 Å². The summed E-state index contributed by atoms with van der Waals surface area (Å²) in [5.41, 5.74) is 0.998. The first-order valence-electron chi connectivity index (χ1n) is 6.72. The number of aliphatic imine (C=N–C) groups is 1. The van der Waals surface area contributed by atoms with Gasteiger partial charge in [-0.2, -0.15) is 0 Å². The van der Waals surface area contributed by atoms with Crippen LogP contribution in [0.1, 0.15) is 12.5 Å². The quantitative estimate of drug-likeness (QED) is 0.920. The molecule has 0 unspecified atom stereocenters. The molecule has 0 saturated heterocycles. The second-order valence-corrected chi connectivity index (χ2v) is 7.33. The number of amides is 1. The van der Waals surface area contributed by atoms with Crippen LogP contribution in [0.4, 0.5) is 0 Å². The molecule has 2 aliphatic heterocycles. The third kappa shape index (κ3) is 3.65. The summed E-state index contributed by atoms with van der Waals surface area (Å²) in [5, 5.41) is 2.81. The minimum atomic E-state index is -0.136. The number of benzene rings is 1. The van der Waals surface area contributed by atoms with Crippen molar-refractivity contribution < 1.29 is 14.3 Å². The molecule has 0 bridgehead atoms. The van der Waals surface area contributed by atoms with Crippen LogP contribution in [-0.2, 0) is 11.3 Å². The Morgan fingerprint density at radius 3 is 3.14 bits per heavy atom. The van der Waals surface area contributed by atoms with Crippen LogP contribution in [0.2, 0.25) is 0 Å². The summed E-state index contributed by atoms with van der Waals surface area (Å²) >= 11 is 3.25. The predicted octanol–water partition coefficient (Wildman–Crippen LogP) is 2.26. The van der Waals surface area contributed by atoms with Gasteiger partial charge in [0.15, 0.2) is 11.5 Å². The van der Waals surface area contributed by atoms with E-state index in [1.165, 1.54) is 11.8 Å². The average Bonchev–Trinajstić information content (AvgIpc) is 3.14. The van der Waals surface area contributed by atoms with Crippen LogP contribution in [0, 0.1) is 0 Å². The molecule has 7 heteroatoms. The van der Waals surface area contributed by atoms with Crippen LogP contribution in [-0.4, -0.2) is 34.6 Å². The third-order valence-corrected chi connectivity index (χ3v) is 5.41. The number of carbonyl (C=O) groups is 1. The van der Waals surface area contributed by atoms with Gasteiger partial charge in [0.25, 0.3) is 0 Å². The van der Waals surface area contributed by atoms with E-state index in [0.29, 0.717) is 6.54 Å². The van der Waals surface area contributed by atoms with Gasteiger partial charge in [0.05, 0.1) is 11.8 Å². The molecule has 1 aromatic rings. The number of fused-ring (bicyclic) bond motifs is 1. The molecule has 112 valence electrons. The first kappa shape index (κ1) is 14.6. The fourth-order valence-corrected chi connectivity index (χ4v) is 4.13. The summed E-state index contributed by atoms with van der Waals surface area (Å²) in [5.74, 6) is 2.53. The second-order valence-electron chi connectivity index (χ2n) is 4.66. The highest BCUT2D eigenvalue weighted by Crippen LogP contribution is 2.32. The van der Waals surface area contributed by atoms with Gasteiger partial charge < -0.3 is 14.8 Å². The van der Waals surface area contributed by atoms with Crippen molar-refractivity contribution in [2.75, 3.05) is 19.1 Å². The Kier molecular flexibility index (Phi) is 4.60. The van der Waals surface area contributed by atoms with Crippen molar-refractivity contribution in [3.63, 3.8) is 0 Å². The van der Waals surface area contributed by atoms with Crippen LogP contribution in [0.3, 0.4) is 0 Å². The van der Waals surface area contributed by atoms with Gasteiger partial charge in [-0.15, -0.1) is 0 Å². The Balaban J connectivity index is 1.51. The van der Waals surface area contributed by atoms with E-state index >= 15 is 0 Å². The van der Waals surface area contributed by atoms with E-state index in [1.807, 2.05) is 25.1 Å². The normalized spacial score (nSPS) is 17.5. The first-order valence-corrected chi connectivity index (χ1v) is 8.59. The second kappa shape index (κ2) is 6.62. The summed E-state index contributed by atoms with van der Waals surface area (Å²) in [4.78, 5) is 16.4. The molecule has 21 heavy (non-hydrogen) atoms. The van der Waals surface area contributed by atoms with Crippen molar-refractivity contribution in [3.8, 4) is 11.5 Å².